The quantitative estimate of drug-likeness (QED) is 0.608. The Hall–Kier alpha value is -0.830. The summed E-state index contributed by atoms with van der Waals surface area (Å²) >= 11 is 5.55. The van der Waals surface area contributed by atoms with Gasteiger partial charge in [0.15, 0.2) is 0 Å². The number of methoxy groups -OCH3 is 1. The van der Waals surface area contributed by atoms with E-state index in [0.717, 1.165) is 5.56 Å². The van der Waals surface area contributed by atoms with Crippen molar-refractivity contribution in [1.29, 1.82) is 0 Å². The van der Waals surface area contributed by atoms with Crippen LogP contribution in [0.5, 0.6) is 5.88 Å². The third-order valence-electron chi connectivity index (χ3n) is 1.08. The second kappa shape index (κ2) is 3.37. The Morgan fingerprint density at radius 3 is 3.00 bits per heavy atom. The first-order valence-electron chi connectivity index (χ1n) is 2.77. The van der Waals surface area contributed by atoms with Crippen LogP contribution in [0, 0.1) is 0 Å². The first kappa shape index (κ1) is 7.28. The van der Waals surface area contributed by atoms with E-state index in [2.05, 4.69) is 9.97 Å². The molecule has 0 unspecified atom stereocenters. The van der Waals surface area contributed by atoms with Gasteiger partial charge in [-0.1, -0.05) is 0 Å². The van der Waals surface area contributed by atoms with Crippen LogP contribution in [-0.2, 0) is 5.88 Å². The highest BCUT2D eigenvalue weighted by molar-refractivity contribution is 6.17. The van der Waals surface area contributed by atoms with Gasteiger partial charge in [-0.15, -0.1) is 11.6 Å². The smallest absolute Gasteiger partial charge is 0.220 e. The van der Waals surface area contributed by atoms with Crippen molar-refractivity contribution in [3.05, 3.63) is 18.1 Å². The molecule has 0 saturated heterocycles. The number of ether oxygens (including phenoxy) is 1. The summed E-state index contributed by atoms with van der Waals surface area (Å²) in [5, 5.41) is 0. The van der Waals surface area contributed by atoms with Crippen LogP contribution < -0.4 is 4.74 Å². The van der Waals surface area contributed by atoms with Crippen LogP contribution >= 0.6 is 11.6 Å². The zero-order chi connectivity index (χ0) is 7.40. The number of hydrogen-bond acceptors (Lipinski definition) is 3. The first-order valence-corrected chi connectivity index (χ1v) is 3.30. The average Bonchev–Trinajstić information content (AvgIpc) is 2.04. The van der Waals surface area contributed by atoms with Gasteiger partial charge in [0.1, 0.15) is 6.33 Å². The number of rotatable bonds is 2. The minimum Gasteiger partial charge on any atom is -0.481 e. The zero-order valence-corrected chi connectivity index (χ0v) is 6.30. The molecule has 3 nitrogen and oxygen atoms in total. The highest BCUT2D eigenvalue weighted by atomic mass is 35.5. The number of hydrogen-bond donors (Lipinski definition) is 0. The summed E-state index contributed by atoms with van der Waals surface area (Å²) in [5.41, 5.74) is 0.812. The van der Waals surface area contributed by atoms with Crippen LogP contribution in [0.2, 0.25) is 0 Å². The second-order valence-corrected chi connectivity index (χ2v) is 1.96. The van der Waals surface area contributed by atoms with Gasteiger partial charge in [-0.2, -0.15) is 0 Å². The Morgan fingerprint density at radius 2 is 2.50 bits per heavy atom. The van der Waals surface area contributed by atoms with Crippen molar-refractivity contribution in [1.82, 2.24) is 9.97 Å². The maximum absolute atomic E-state index is 5.55. The molecule has 0 aliphatic rings. The van der Waals surface area contributed by atoms with Gasteiger partial charge in [0.25, 0.3) is 0 Å². The lowest BCUT2D eigenvalue weighted by molar-refractivity contribution is 0.393. The van der Waals surface area contributed by atoms with Crippen LogP contribution in [0.15, 0.2) is 12.5 Å². The summed E-state index contributed by atoms with van der Waals surface area (Å²) in [5.74, 6) is 0.925. The number of aromatic nitrogens is 2. The van der Waals surface area contributed by atoms with Crippen LogP contribution in [-0.4, -0.2) is 17.1 Å². The van der Waals surface area contributed by atoms with Crippen LogP contribution in [0.1, 0.15) is 5.56 Å². The molecule has 0 radical (unpaired) electrons. The fourth-order valence-electron chi connectivity index (χ4n) is 0.623. The number of halogens is 1. The van der Waals surface area contributed by atoms with Crippen molar-refractivity contribution in [2.24, 2.45) is 0 Å². The van der Waals surface area contributed by atoms with E-state index < -0.39 is 0 Å². The van der Waals surface area contributed by atoms with Crippen molar-refractivity contribution in [2.45, 2.75) is 5.88 Å². The fraction of sp³-hybridized carbons (Fsp3) is 0.333. The van der Waals surface area contributed by atoms with Crippen molar-refractivity contribution >= 4 is 11.6 Å². The summed E-state index contributed by atoms with van der Waals surface area (Å²) in [6, 6.07) is 0. The Kier molecular flexibility index (Phi) is 2.45. The Bertz CT molecular complexity index is 194. The van der Waals surface area contributed by atoms with Gasteiger partial charge < -0.3 is 4.74 Å². The minimum atomic E-state index is 0.379. The number of nitrogens with zero attached hydrogens (tertiary/aromatic N) is 2. The molecule has 0 bridgehead atoms. The zero-order valence-electron chi connectivity index (χ0n) is 5.54. The van der Waals surface area contributed by atoms with E-state index in [4.69, 9.17) is 16.3 Å². The molecule has 0 N–H and O–H groups in total. The summed E-state index contributed by atoms with van der Waals surface area (Å²) in [4.78, 5) is 7.64. The molecule has 0 aliphatic carbocycles. The van der Waals surface area contributed by atoms with E-state index in [0.29, 0.717) is 11.8 Å². The molecular formula is C6H7ClN2O. The van der Waals surface area contributed by atoms with Crippen molar-refractivity contribution in [2.75, 3.05) is 7.11 Å². The molecule has 1 aromatic rings. The minimum absolute atomic E-state index is 0.379. The topological polar surface area (TPSA) is 35.0 Å². The molecule has 0 spiro atoms. The molecule has 0 atom stereocenters. The van der Waals surface area contributed by atoms with E-state index in [-0.39, 0.29) is 0 Å². The van der Waals surface area contributed by atoms with E-state index in [1.807, 2.05) is 0 Å². The second-order valence-electron chi connectivity index (χ2n) is 1.69. The average molecular weight is 159 g/mol. The van der Waals surface area contributed by atoms with Gasteiger partial charge in [0.2, 0.25) is 5.88 Å². The lowest BCUT2D eigenvalue weighted by atomic mass is 10.4. The molecule has 4 heteroatoms. The van der Waals surface area contributed by atoms with E-state index in [9.17, 15) is 0 Å². The van der Waals surface area contributed by atoms with Gasteiger partial charge in [-0.3, -0.25) is 0 Å². The maximum Gasteiger partial charge on any atom is 0.220 e. The lowest BCUT2D eigenvalue weighted by Crippen LogP contribution is -1.93. The molecular weight excluding hydrogens is 152 g/mol. The summed E-state index contributed by atoms with van der Waals surface area (Å²) in [7, 11) is 1.55. The summed E-state index contributed by atoms with van der Waals surface area (Å²) < 4.78 is 4.90. The molecule has 1 heterocycles. The van der Waals surface area contributed by atoms with E-state index in [1.165, 1.54) is 6.33 Å². The molecule has 0 amide bonds. The van der Waals surface area contributed by atoms with Crippen molar-refractivity contribution < 1.29 is 4.74 Å². The van der Waals surface area contributed by atoms with E-state index in [1.54, 1.807) is 13.3 Å². The molecule has 0 fully saturated rings. The third-order valence-corrected chi connectivity index (χ3v) is 1.37. The van der Waals surface area contributed by atoms with Crippen molar-refractivity contribution in [3.63, 3.8) is 0 Å². The summed E-state index contributed by atoms with van der Waals surface area (Å²) in [6.45, 7) is 0. The number of alkyl halides is 1. The molecule has 10 heavy (non-hydrogen) atoms. The highest BCUT2D eigenvalue weighted by Crippen LogP contribution is 2.13. The van der Waals surface area contributed by atoms with Crippen molar-refractivity contribution in [3.8, 4) is 5.88 Å². The molecule has 54 valence electrons. The van der Waals surface area contributed by atoms with Crippen LogP contribution in [0.4, 0.5) is 0 Å². The first-order chi connectivity index (χ1) is 4.88. The molecule has 0 saturated carbocycles. The Labute approximate surface area is 64.0 Å². The fourth-order valence-corrected chi connectivity index (χ4v) is 0.806. The lowest BCUT2D eigenvalue weighted by Gasteiger charge is -2.00. The summed E-state index contributed by atoms with van der Waals surface area (Å²) in [6.07, 6.45) is 3.06. The van der Waals surface area contributed by atoms with Gasteiger partial charge in [0, 0.05) is 11.8 Å². The van der Waals surface area contributed by atoms with Gasteiger partial charge in [0.05, 0.1) is 13.0 Å². The molecule has 0 aliphatic heterocycles. The molecule has 1 aromatic heterocycles. The Morgan fingerprint density at radius 1 is 1.70 bits per heavy atom. The largest absolute Gasteiger partial charge is 0.481 e. The monoisotopic (exact) mass is 158 g/mol. The predicted molar refractivity (Wildman–Crippen MR) is 38.1 cm³/mol. The van der Waals surface area contributed by atoms with Crippen LogP contribution in [0.25, 0.3) is 0 Å². The molecule has 0 aromatic carbocycles. The standard InChI is InChI=1S/C6H7ClN2O/c1-10-6-5(2-7)3-8-4-9-6/h3-4H,2H2,1H3. The maximum atomic E-state index is 5.55. The van der Waals surface area contributed by atoms with Gasteiger partial charge >= 0.3 is 0 Å². The normalized spacial score (nSPS) is 9.40. The third kappa shape index (κ3) is 1.36. The highest BCUT2D eigenvalue weighted by Gasteiger charge is 1.99. The van der Waals surface area contributed by atoms with Gasteiger partial charge in [-0.25, -0.2) is 9.97 Å². The van der Waals surface area contributed by atoms with Gasteiger partial charge in [-0.05, 0) is 0 Å². The Balaban J connectivity index is 2.96. The SMILES string of the molecule is COc1ncncc1CCl. The molecule has 1 rings (SSSR count). The van der Waals surface area contributed by atoms with E-state index >= 15 is 0 Å². The predicted octanol–water partition coefficient (Wildman–Crippen LogP) is 1.22. The van der Waals surface area contributed by atoms with Crippen LogP contribution in [0.3, 0.4) is 0 Å².